The Labute approximate surface area is 189 Å². The van der Waals surface area contributed by atoms with E-state index in [-0.39, 0.29) is 6.03 Å². The molecular formula is C24H31ClN2O4. The molecule has 2 amide bonds. The molecule has 2 aromatic rings. The van der Waals surface area contributed by atoms with Crippen molar-refractivity contribution in [3.8, 4) is 11.5 Å². The quantitative estimate of drug-likeness (QED) is 0.394. The first kappa shape index (κ1) is 23.2. The van der Waals surface area contributed by atoms with Crippen molar-refractivity contribution in [3.05, 3.63) is 53.6 Å². The third-order valence-corrected chi connectivity index (χ3v) is 5.46. The number of hydrogen-bond acceptors (Lipinski definition) is 4. The zero-order valence-corrected chi connectivity index (χ0v) is 18.9. The van der Waals surface area contributed by atoms with Crippen LogP contribution in [-0.4, -0.2) is 57.5 Å². The van der Waals surface area contributed by atoms with Crippen LogP contribution in [0, 0.1) is 0 Å². The highest BCUT2D eigenvalue weighted by Gasteiger charge is 2.28. The van der Waals surface area contributed by atoms with Gasteiger partial charge >= 0.3 is 6.03 Å². The molecule has 0 bridgehead atoms. The molecule has 0 aliphatic carbocycles. The number of carbonyl (C=O) groups is 1. The minimum Gasteiger partial charge on any atom is -0.497 e. The van der Waals surface area contributed by atoms with Gasteiger partial charge in [0.25, 0.3) is 0 Å². The lowest BCUT2D eigenvalue weighted by Gasteiger charge is -2.18. The van der Waals surface area contributed by atoms with Gasteiger partial charge in [-0.05, 0) is 67.8 Å². The molecule has 2 aromatic carbocycles. The minimum atomic E-state index is 0.0791. The average Bonchev–Trinajstić information content (AvgIpc) is 3.16. The predicted molar refractivity (Wildman–Crippen MR) is 124 cm³/mol. The molecule has 1 aliphatic rings. The smallest absolute Gasteiger partial charge is 0.324 e. The van der Waals surface area contributed by atoms with Gasteiger partial charge in [-0.3, -0.25) is 4.90 Å². The maximum atomic E-state index is 12.6. The summed E-state index contributed by atoms with van der Waals surface area (Å²) in [6.45, 7) is 4.35. The molecule has 0 unspecified atom stereocenters. The SMILES string of the molecule is COc1ccc(OCCCOCCCCCN2CCN(c3ccc(Cl)cc3)C2=O)cc1. The Morgan fingerprint density at radius 3 is 2.29 bits per heavy atom. The van der Waals surface area contributed by atoms with Crippen molar-refractivity contribution in [1.82, 2.24) is 4.90 Å². The summed E-state index contributed by atoms with van der Waals surface area (Å²) in [6, 6.07) is 15.1. The molecule has 1 saturated heterocycles. The van der Waals surface area contributed by atoms with E-state index in [0.717, 1.165) is 69.1 Å². The second-order valence-corrected chi connectivity index (χ2v) is 7.88. The first-order chi connectivity index (χ1) is 15.2. The van der Waals surface area contributed by atoms with Gasteiger partial charge < -0.3 is 19.1 Å². The van der Waals surface area contributed by atoms with E-state index in [1.807, 2.05) is 58.3 Å². The van der Waals surface area contributed by atoms with E-state index in [1.54, 1.807) is 7.11 Å². The largest absolute Gasteiger partial charge is 0.497 e. The Balaban J connectivity index is 1.19. The summed E-state index contributed by atoms with van der Waals surface area (Å²) in [5, 5.41) is 0.680. The lowest BCUT2D eigenvalue weighted by atomic mass is 10.2. The number of methoxy groups -OCH3 is 1. The molecule has 3 rings (SSSR count). The molecule has 0 atom stereocenters. The van der Waals surface area contributed by atoms with E-state index < -0.39 is 0 Å². The number of carbonyl (C=O) groups excluding carboxylic acids is 1. The fraction of sp³-hybridized carbons (Fsp3) is 0.458. The van der Waals surface area contributed by atoms with E-state index in [4.69, 9.17) is 25.8 Å². The van der Waals surface area contributed by atoms with Crippen LogP contribution in [-0.2, 0) is 4.74 Å². The summed E-state index contributed by atoms with van der Waals surface area (Å²) < 4.78 is 16.5. The summed E-state index contributed by atoms with van der Waals surface area (Å²) in [4.78, 5) is 16.3. The van der Waals surface area contributed by atoms with Crippen LogP contribution in [0.5, 0.6) is 11.5 Å². The number of nitrogens with zero attached hydrogens (tertiary/aromatic N) is 2. The van der Waals surface area contributed by atoms with Crippen LogP contribution in [0.2, 0.25) is 5.02 Å². The first-order valence-electron chi connectivity index (χ1n) is 10.8. The zero-order chi connectivity index (χ0) is 21.9. The van der Waals surface area contributed by atoms with Gasteiger partial charge in [0.05, 0.1) is 13.7 Å². The van der Waals surface area contributed by atoms with Crippen molar-refractivity contribution in [1.29, 1.82) is 0 Å². The fourth-order valence-corrected chi connectivity index (χ4v) is 3.59. The zero-order valence-electron chi connectivity index (χ0n) is 18.1. The van der Waals surface area contributed by atoms with Crippen LogP contribution >= 0.6 is 11.6 Å². The number of amides is 2. The Morgan fingerprint density at radius 2 is 1.55 bits per heavy atom. The maximum Gasteiger partial charge on any atom is 0.324 e. The predicted octanol–water partition coefficient (Wildman–Crippen LogP) is 5.25. The molecule has 0 saturated carbocycles. The monoisotopic (exact) mass is 446 g/mol. The normalized spacial score (nSPS) is 13.7. The molecular weight excluding hydrogens is 416 g/mol. The summed E-state index contributed by atoms with van der Waals surface area (Å²) in [5.74, 6) is 1.66. The Kier molecular flexibility index (Phi) is 9.31. The molecule has 168 valence electrons. The lowest BCUT2D eigenvalue weighted by molar-refractivity contribution is 0.115. The standard InChI is InChI=1S/C24H31ClN2O4/c1-29-22-10-12-23(13-11-22)31-19-5-18-30-17-4-2-3-14-26-15-16-27(24(26)28)21-8-6-20(25)7-9-21/h6-13H,2-5,14-19H2,1H3. The van der Waals surface area contributed by atoms with Crippen LogP contribution in [0.15, 0.2) is 48.5 Å². The topological polar surface area (TPSA) is 51.2 Å². The number of rotatable bonds is 13. The molecule has 1 heterocycles. The van der Waals surface area contributed by atoms with Crippen molar-refractivity contribution >= 4 is 23.3 Å². The number of ether oxygens (including phenoxy) is 3. The molecule has 7 heteroatoms. The average molecular weight is 447 g/mol. The number of unbranched alkanes of at least 4 members (excludes halogenated alkanes) is 2. The van der Waals surface area contributed by atoms with Gasteiger partial charge in [0.2, 0.25) is 0 Å². The van der Waals surface area contributed by atoms with Gasteiger partial charge in [-0.15, -0.1) is 0 Å². The van der Waals surface area contributed by atoms with Crippen molar-refractivity contribution in [2.45, 2.75) is 25.7 Å². The molecule has 0 spiro atoms. The van der Waals surface area contributed by atoms with Gasteiger partial charge in [-0.1, -0.05) is 11.6 Å². The van der Waals surface area contributed by atoms with E-state index in [9.17, 15) is 4.79 Å². The number of benzene rings is 2. The van der Waals surface area contributed by atoms with E-state index >= 15 is 0 Å². The summed E-state index contributed by atoms with van der Waals surface area (Å²) in [7, 11) is 1.65. The first-order valence-corrected chi connectivity index (χ1v) is 11.2. The van der Waals surface area contributed by atoms with Gasteiger partial charge in [0, 0.05) is 50.0 Å². The third kappa shape index (κ3) is 7.33. The van der Waals surface area contributed by atoms with Crippen molar-refractivity contribution < 1.29 is 19.0 Å². The lowest BCUT2D eigenvalue weighted by Crippen LogP contribution is -2.32. The van der Waals surface area contributed by atoms with Crippen LogP contribution in [0.1, 0.15) is 25.7 Å². The molecule has 0 N–H and O–H groups in total. The summed E-state index contributed by atoms with van der Waals surface area (Å²) in [6.07, 6.45) is 3.90. The fourth-order valence-electron chi connectivity index (χ4n) is 3.46. The van der Waals surface area contributed by atoms with Gasteiger partial charge in [0.15, 0.2) is 0 Å². The molecule has 0 radical (unpaired) electrons. The number of hydrogen-bond donors (Lipinski definition) is 0. The Bertz CT molecular complexity index is 798. The Hall–Kier alpha value is -2.44. The van der Waals surface area contributed by atoms with Gasteiger partial charge in [-0.25, -0.2) is 4.79 Å². The minimum absolute atomic E-state index is 0.0791. The van der Waals surface area contributed by atoms with Crippen LogP contribution in [0.3, 0.4) is 0 Å². The molecule has 0 aromatic heterocycles. The van der Waals surface area contributed by atoms with Crippen molar-refractivity contribution in [2.24, 2.45) is 0 Å². The van der Waals surface area contributed by atoms with Gasteiger partial charge in [-0.2, -0.15) is 0 Å². The second-order valence-electron chi connectivity index (χ2n) is 7.45. The number of halogens is 1. The van der Waals surface area contributed by atoms with E-state index in [0.29, 0.717) is 18.2 Å². The highest BCUT2D eigenvalue weighted by molar-refractivity contribution is 6.30. The van der Waals surface area contributed by atoms with E-state index in [1.165, 1.54) is 0 Å². The van der Waals surface area contributed by atoms with Gasteiger partial charge in [0.1, 0.15) is 11.5 Å². The van der Waals surface area contributed by atoms with Crippen molar-refractivity contribution in [3.63, 3.8) is 0 Å². The Morgan fingerprint density at radius 1 is 0.839 bits per heavy atom. The molecule has 31 heavy (non-hydrogen) atoms. The molecule has 6 nitrogen and oxygen atoms in total. The third-order valence-electron chi connectivity index (χ3n) is 5.21. The summed E-state index contributed by atoms with van der Waals surface area (Å²) >= 11 is 5.93. The summed E-state index contributed by atoms with van der Waals surface area (Å²) in [5.41, 5.74) is 0.904. The van der Waals surface area contributed by atoms with Crippen LogP contribution in [0.4, 0.5) is 10.5 Å². The van der Waals surface area contributed by atoms with Crippen LogP contribution in [0.25, 0.3) is 0 Å². The van der Waals surface area contributed by atoms with E-state index in [2.05, 4.69) is 0 Å². The van der Waals surface area contributed by atoms with Crippen LogP contribution < -0.4 is 14.4 Å². The van der Waals surface area contributed by atoms with Crippen molar-refractivity contribution in [2.75, 3.05) is 51.5 Å². The number of anilines is 1. The second kappa shape index (κ2) is 12.4. The highest BCUT2D eigenvalue weighted by atomic mass is 35.5. The maximum absolute atomic E-state index is 12.6. The molecule has 1 aliphatic heterocycles. The highest BCUT2D eigenvalue weighted by Crippen LogP contribution is 2.22. The number of urea groups is 1. The molecule has 1 fully saturated rings.